The average molecular weight is 601 g/mol. The van der Waals surface area contributed by atoms with Crippen molar-refractivity contribution < 1.29 is 14.3 Å². The fraction of sp³-hybridized carbons (Fsp3) is 0.361. The minimum absolute atomic E-state index is 0.0161. The minimum atomic E-state index is -0.716. The number of carbonyl (C=O) groups is 2. The van der Waals surface area contributed by atoms with Crippen molar-refractivity contribution in [1.82, 2.24) is 24.8 Å². The van der Waals surface area contributed by atoms with Crippen LogP contribution in [0.25, 0.3) is 44.6 Å². The van der Waals surface area contributed by atoms with Gasteiger partial charge in [0.15, 0.2) is 11.6 Å². The maximum Gasteiger partial charge on any atom is 0.251 e. The summed E-state index contributed by atoms with van der Waals surface area (Å²) in [6.07, 6.45) is 4.14. The highest BCUT2D eigenvalue weighted by atomic mass is 16.5. The molecule has 4 heterocycles. The lowest BCUT2D eigenvalue weighted by Gasteiger charge is -2.29. The Morgan fingerprint density at radius 1 is 1.09 bits per heavy atom. The van der Waals surface area contributed by atoms with Gasteiger partial charge in [0.25, 0.3) is 5.91 Å². The highest BCUT2D eigenvalue weighted by Crippen LogP contribution is 2.44. The van der Waals surface area contributed by atoms with E-state index in [1.165, 1.54) is 12.8 Å². The van der Waals surface area contributed by atoms with Crippen LogP contribution >= 0.6 is 0 Å². The number of imidazole rings is 1. The smallest absolute Gasteiger partial charge is 0.251 e. The summed E-state index contributed by atoms with van der Waals surface area (Å²) in [5, 5.41) is 7.52. The quantitative estimate of drug-likeness (QED) is 0.232. The maximum absolute atomic E-state index is 14.0. The second kappa shape index (κ2) is 9.52. The van der Waals surface area contributed by atoms with E-state index in [0.29, 0.717) is 29.7 Å². The molecule has 3 fully saturated rings. The molecule has 2 bridgehead atoms. The van der Waals surface area contributed by atoms with E-state index in [0.717, 1.165) is 81.6 Å². The highest BCUT2D eigenvalue weighted by molar-refractivity contribution is 6.08. The predicted octanol–water partition coefficient (Wildman–Crippen LogP) is 4.79. The number of nitrogens with two attached hydrogens (primary N) is 1. The molecule has 9 rings (SSSR count). The summed E-state index contributed by atoms with van der Waals surface area (Å²) >= 11 is 0. The Labute approximate surface area is 260 Å². The summed E-state index contributed by atoms with van der Waals surface area (Å²) in [6.45, 7) is 2.25. The fourth-order valence-electron chi connectivity index (χ4n) is 8.21. The summed E-state index contributed by atoms with van der Waals surface area (Å²) in [7, 11) is 3.66. The van der Waals surface area contributed by atoms with E-state index < -0.39 is 5.54 Å². The van der Waals surface area contributed by atoms with Crippen molar-refractivity contribution in [3.05, 3.63) is 71.3 Å². The van der Waals surface area contributed by atoms with Crippen LogP contribution in [0.2, 0.25) is 0 Å². The van der Waals surface area contributed by atoms with Gasteiger partial charge in [-0.1, -0.05) is 30.3 Å². The van der Waals surface area contributed by atoms with E-state index in [2.05, 4.69) is 56.2 Å². The van der Waals surface area contributed by atoms with Gasteiger partial charge in [0.05, 0.1) is 29.4 Å². The number of amides is 1. The molecular weight excluding hydrogens is 564 g/mol. The lowest BCUT2D eigenvalue weighted by molar-refractivity contribution is 0.0858. The molecule has 2 aliphatic heterocycles. The number of Topliss-reactive ketones (excluding diaryl/α,β-unsaturated/α-hetero) is 1. The number of aromatic nitrogens is 3. The SMILES string of the molecule is COc1cc(C(=O)[C@]23CC[C@H](CN2)[C@H]3N)cc2nc(-c3cc4cccc(-c5ccc6c(c5)C(=O)NC6)c4n3CC3CC3)n(C)c12. The number of hydrogen-bond donors (Lipinski definition) is 3. The van der Waals surface area contributed by atoms with Crippen LogP contribution in [0, 0.1) is 11.8 Å². The van der Waals surface area contributed by atoms with Crippen LogP contribution in [0.15, 0.2) is 54.6 Å². The normalized spacial score (nSPS) is 23.7. The number of aryl methyl sites for hydroxylation is 1. The van der Waals surface area contributed by atoms with E-state index in [1.807, 2.05) is 25.2 Å². The fourth-order valence-corrected chi connectivity index (χ4v) is 8.21. The van der Waals surface area contributed by atoms with E-state index in [-0.39, 0.29) is 17.7 Å². The number of carbonyl (C=O) groups excluding carboxylic acids is 2. The molecule has 9 nitrogen and oxygen atoms in total. The van der Waals surface area contributed by atoms with Gasteiger partial charge in [-0.05, 0) is 72.9 Å². The molecule has 1 amide bonds. The van der Waals surface area contributed by atoms with E-state index in [1.54, 1.807) is 7.11 Å². The lowest BCUT2D eigenvalue weighted by Crippen LogP contribution is -2.56. The highest BCUT2D eigenvalue weighted by Gasteiger charge is 2.56. The van der Waals surface area contributed by atoms with Gasteiger partial charge in [0.1, 0.15) is 11.3 Å². The molecule has 0 unspecified atom stereocenters. The number of benzene rings is 3. The number of nitrogens with zero attached hydrogens (tertiary/aromatic N) is 3. The van der Waals surface area contributed by atoms with E-state index in [9.17, 15) is 9.59 Å². The topological polar surface area (TPSA) is 116 Å². The van der Waals surface area contributed by atoms with Gasteiger partial charge in [-0.25, -0.2) is 4.98 Å². The van der Waals surface area contributed by atoms with Crippen molar-refractivity contribution >= 4 is 33.6 Å². The molecule has 1 saturated heterocycles. The van der Waals surface area contributed by atoms with Crippen molar-refractivity contribution in [3.8, 4) is 28.4 Å². The Bertz CT molecular complexity index is 2080. The van der Waals surface area contributed by atoms with Crippen molar-refractivity contribution in [3.63, 3.8) is 0 Å². The molecule has 228 valence electrons. The Morgan fingerprint density at radius 3 is 2.69 bits per heavy atom. The van der Waals surface area contributed by atoms with Crippen LogP contribution in [-0.2, 0) is 20.1 Å². The van der Waals surface area contributed by atoms with Gasteiger partial charge in [-0.2, -0.15) is 0 Å². The summed E-state index contributed by atoms with van der Waals surface area (Å²) in [5.41, 5.74) is 14.1. The zero-order valence-corrected chi connectivity index (χ0v) is 25.5. The molecule has 2 aliphatic carbocycles. The van der Waals surface area contributed by atoms with Crippen molar-refractivity contribution in [2.75, 3.05) is 13.7 Å². The molecule has 2 aromatic heterocycles. The Morgan fingerprint density at radius 2 is 1.96 bits per heavy atom. The van der Waals surface area contributed by atoms with Crippen molar-refractivity contribution in [2.45, 2.75) is 50.4 Å². The number of methoxy groups -OCH3 is 1. The first-order valence-electron chi connectivity index (χ1n) is 16.0. The molecule has 45 heavy (non-hydrogen) atoms. The van der Waals surface area contributed by atoms with Crippen molar-refractivity contribution in [1.29, 1.82) is 0 Å². The summed E-state index contributed by atoms with van der Waals surface area (Å²) in [4.78, 5) is 31.7. The number of nitrogens with one attached hydrogen (secondary N) is 2. The Kier molecular flexibility index (Phi) is 5.69. The predicted molar refractivity (Wildman–Crippen MR) is 173 cm³/mol. The number of hydrogen-bond acceptors (Lipinski definition) is 6. The standard InChI is InChI=1S/C36H36N6O3/c1-41-31-27(13-24(15-29(31)45-2)33(43)36-11-10-23(17-39-36)32(36)37)40-34(41)28-14-21-4-3-5-25(30(21)42(28)18-19-6-7-19)20-8-9-22-16-38-35(44)26(22)12-20/h3-5,8-9,12-15,19,23,32,39H,6-7,10-11,16-18,37H2,1-2H3,(H,38,44)/t23-,32-,36-/m1/s1. The molecule has 0 spiro atoms. The third kappa shape index (κ3) is 3.83. The van der Waals surface area contributed by atoms with Crippen LogP contribution in [-0.4, -0.2) is 51.0 Å². The summed E-state index contributed by atoms with van der Waals surface area (Å²) in [6, 6.07) is 18.4. The molecule has 3 aromatic carbocycles. The van der Waals surface area contributed by atoms with E-state index in [4.69, 9.17) is 15.5 Å². The Balaban J connectivity index is 1.21. The van der Waals surface area contributed by atoms with Gasteiger partial charge in [0.2, 0.25) is 0 Å². The molecular formula is C36H36N6O3. The number of rotatable bonds is 7. The van der Waals surface area contributed by atoms with Gasteiger partial charge in [0, 0.05) is 54.8 Å². The molecule has 4 N–H and O–H groups in total. The lowest BCUT2D eigenvalue weighted by atomic mass is 9.85. The maximum atomic E-state index is 14.0. The van der Waals surface area contributed by atoms with Gasteiger partial charge < -0.3 is 30.2 Å². The minimum Gasteiger partial charge on any atom is -0.494 e. The first-order chi connectivity index (χ1) is 21.9. The molecule has 3 atom stereocenters. The van der Waals surface area contributed by atoms with Crippen molar-refractivity contribution in [2.24, 2.45) is 24.6 Å². The Hall–Kier alpha value is -4.47. The molecule has 2 saturated carbocycles. The monoisotopic (exact) mass is 600 g/mol. The van der Waals surface area contributed by atoms with Crippen LogP contribution in [0.4, 0.5) is 0 Å². The zero-order chi connectivity index (χ0) is 30.6. The van der Waals surface area contributed by atoms with Crippen LogP contribution in [0.3, 0.4) is 0 Å². The third-order valence-electron chi connectivity index (χ3n) is 10.9. The number of para-hydroxylation sites is 1. The molecule has 0 radical (unpaired) electrons. The number of piperidine rings is 1. The summed E-state index contributed by atoms with van der Waals surface area (Å²) < 4.78 is 10.4. The number of ether oxygens (including phenoxy) is 1. The second-order valence-corrected chi connectivity index (χ2v) is 13.4. The summed E-state index contributed by atoms with van der Waals surface area (Å²) in [5.74, 6) is 2.41. The van der Waals surface area contributed by atoms with E-state index >= 15 is 0 Å². The van der Waals surface area contributed by atoms with Gasteiger partial charge in [-0.3, -0.25) is 9.59 Å². The largest absolute Gasteiger partial charge is 0.494 e. The first kappa shape index (κ1) is 26.9. The van der Waals surface area contributed by atoms with Gasteiger partial charge >= 0.3 is 0 Å². The molecule has 9 heteroatoms. The first-order valence-corrected chi connectivity index (χ1v) is 16.0. The zero-order valence-electron chi connectivity index (χ0n) is 25.5. The average Bonchev–Trinajstić information content (AvgIpc) is 3.26. The number of fused-ring (bicyclic) bond motifs is 5. The molecule has 5 aromatic rings. The van der Waals surface area contributed by atoms with Gasteiger partial charge in [-0.15, -0.1) is 0 Å². The number of ketones is 1. The van der Waals surface area contributed by atoms with Crippen LogP contribution in [0.5, 0.6) is 5.75 Å². The van der Waals surface area contributed by atoms with Crippen LogP contribution in [0.1, 0.15) is 52.0 Å². The second-order valence-electron chi connectivity index (χ2n) is 13.4. The third-order valence-corrected chi connectivity index (χ3v) is 10.9. The van der Waals surface area contributed by atoms with Crippen LogP contribution < -0.4 is 21.1 Å². The molecule has 4 aliphatic rings.